The van der Waals surface area contributed by atoms with Crippen molar-refractivity contribution in [2.75, 3.05) is 12.4 Å². The van der Waals surface area contributed by atoms with Gasteiger partial charge in [0, 0.05) is 0 Å². The van der Waals surface area contributed by atoms with Crippen LogP contribution < -0.4 is 20.1 Å². The molecule has 1 amide bonds. The third-order valence-corrected chi connectivity index (χ3v) is 3.47. The Morgan fingerprint density at radius 3 is 2.54 bits per heavy atom. The van der Waals surface area contributed by atoms with E-state index in [1.54, 1.807) is 26.2 Å². The summed E-state index contributed by atoms with van der Waals surface area (Å²) in [5.41, 5.74) is 1.74. The van der Waals surface area contributed by atoms with Crippen molar-refractivity contribution < 1.29 is 14.3 Å². The molecule has 0 heterocycles. The fraction of sp³-hybridized carbons (Fsp3) is 0.222. The number of anilines is 1. The van der Waals surface area contributed by atoms with Gasteiger partial charge in [0.05, 0.1) is 12.8 Å². The number of benzene rings is 2. The lowest BCUT2D eigenvalue weighted by molar-refractivity contribution is -0.125. The van der Waals surface area contributed by atoms with Crippen LogP contribution in [0.25, 0.3) is 0 Å². The Labute approximate surface area is 147 Å². The Hall–Kier alpha value is -2.60. The van der Waals surface area contributed by atoms with Gasteiger partial charge >= 0.3 is 0 Å². The molecule has 0 aromatic heterocycles. The SMILES string of the molecule is COc1ccc(C)cc1NC(=S)NC(=O)C(C)Oc1ccccc1. The summed E-state index contributed by atoms with van der Waals surface area (Å²) in [6.07, 6.45) is -0.674. The smallest absolute Gasteiger partial charge is 0.266 e. The molecule has 0 bridgehead atoms. The summed E-state index contributed by atoms with van der Waals surface area (Å²) in [7, 11) is 1.58. The number of ether oxygens (including phenoxy) is 2. The largest absolute Gasteiger partial charge is 0.495 e. The number of rotatable bonds is 5. The van der Waals surface area contributed by atoms with Crippen molar-refractivity contribution >= 4 is 28.9 Å². The van der Waals surface area contributed by atoms with Crippen LogP contribution in [0.1, 0.15) is 12.5 Å². The monoisotopic (exact) mass is 344 g/mol. The Balaban J connectivity index is 1.94. The summed E-state index contributed by atoms with van der Waals surface area (Å²) in [6, 6.07) is 14.8. The molecule has 1 unspecified atom stereocenters. The van der Waals surface area contributed by atoms with Gasteiger partial charge in [-0.05, 0) is 55.9 Å². The van der Waals surface area contributed by atoms with Gasteiger partial charge in [-0.1, -0.05) is 24.3 Å². The number of amides is 1. The highest BCUT2D eigenvalue weighted by atomic mass is 32.1. The lowest BCUT2D eigenvalue weighted by Gasteiger charge is -2.17. The Morgan fingerprint density at radius 2 is 1.88 bits per heavy atom. The number of nitrogens with one attached hydrogen (secondary N) is 2. The molecule has 0 spiro atoms. The van der Waals surface area contributed by atoms with Gasteiger partial charge in [0.1, 0.15) is 11.5 Å². The van der Waals surface area contributed by atoms with E-state index < -0.39 is 6.10 Å². The average molecular weight is 344 g/mol. The van der Waals surface area contributed by atoms with Gasteiger partial charge < -0.3 is 14.8 Å². The molecule has 126 valence electrons. The molecule has 0 aliphatic carbocycles. The summed E-state index contributed by atoms with van der Waals surface area (Å²) in [4.78, 5) is 12.2. The van der Waals surface area contributed by atoms with Crippen LogP contribution in [0.3, 0.4) is 0 Å². The lowest BCUT2D eigenvalue weighted by atomic mass is 10.2. The van der Waals surface area contributed by atoms with Gasteiger partial charge in [-0.15, -0.1) is 0 Å². The van der Waals surface area contributed by atoms with E-state index in [9.17, 15) is 4.79 Å². The van der Waals surface area contributed by atoms with Crippen LogP contribution in [0.2, 0.25) is 0 Å². The fourth-order valence-electron chi connectivity index (χ4n) is 2.04. The first-order chi connectivity index (χ1) is 11.5. The van der Waals surface area contributed by atoms with Crippen molar-refractivity contribution in [2.24, 2.45) is 0 Å². The second-order valence-electron chi connectivity index (χ2n) is 5.22. The minimum absolute atomic E-state index is 0.187. The summed E-state index contributed by atoms with van der Waals surface area (Å²) >= 11 is 5.19. The van der Waals surface area contributed by atoms with Gasteiger partial charge in [-0.3, -0.25) is 10.1 Å². The molecule has 2 aromatic carbocycles. The van der Waals surface area contributed by atoms with Gasteiger partial charge in [-0.2, -0.15) is 0 Å². The van der Waals surface area contributed by atoms with Crippen LogP contribution in [0.15, 0.2) is 48.5 Å². The summed E-state index contributed by atoms with van der Waals surface area (Å²) in [6.45, 7) is 3.63. The molecule has 0 radical (unpaired) electrons. The molecule has 0 fully saturated rings. The van der Waals surface area contributed by atoms with Crippen LogP contribution >= 0.6 is 12.2 Å². The number of carbonyl (C=O) groups is 1. The van der Waals surface area contributed by atoms with E-state index in [1.807, 2.05) is 43.3 Å². The number of aryl methyl sites for hydroxylation is 1. The molecule has 0 saturated carbocycles. The normalized spacial score (nSPS) is 11.3. The van der Waals surface area contributed by atoms with Crippen molar-refractivity contribution in [2.45, 2.75) is 20.0 Å². The van der Waals surface area contributed by atoms with Crippen molar-refractivity contribution in [3.8, 4) is 11.5 Å². The van der Waals surface area contributed by atoms with Crippen LogP contribution in [-0.4, -0.2) is 24.2 Å². The van der Waals surface area contributed by atoms with Crippen LogP contribution in [-0.2, 0) is 4.79 Å². The number of thiocarbonyl (C=S) groups is 1. The molecule has 1 atom stereocenters. The second kappa shape index (κ2) is 8.31. The standard InChI is InChI=1S/C18H20N2O3S/c1-12-9-10-16(22-3)15(11-12)19-18(24)20-17(21)13(2)23-14-7-5-4-6-8-14/h4-11,13H,1-3H3,(H2,19,20,21,24). The van der Waals surface area contributed by atoms with Crippen molar-refractivity contribution in [1.29, 1.82) is 0 Å². The Morgan fingerprint density at radius 1 is 1.17 bits per heavy atom. The average Bonchev–Trinajstić information content (AvgIpc) is 2.55. The minimum Gasteiger partial charge on any atom is -0.495 e. The maximum absolute atomic E-state index is 12.2. The molecular formula is C18H20N2O3S. The molecular weight excluding hydrogens is 324 g/mol. The van der Waals surface area contributed by atoms with Crippen LogP contribution in [0, 0.1) is 6.92 Å². The van der Waals surface area contributed by atoms with E-state index in [2.05, 4.69) is 10.6 Å². The highest BCUT2D eigenvalue weighted by Crippen LogP contribution is 2.25. The first-order valence-electron chi connectivity index (χ1n) is 7.48. The molecule has 2 N–H and O–H groups in total. The molecule has 2 aromatic rings. The van der Waals surface area contributed by atoms with Crippen LogP contribution in [0.5, 0.6) is 11.5 Å². The minimum atomic E-state index is -0.674. The van der Waals surface area contributed by atoms with Gasteiger partial charge in [0.15, 0.2) is 11.2 Å². The zero-order valence-corrected chi connectivity index (χ0v) is 14.6. The number of hydrogen-bond acceptors (Lipinski definition) is 4. The first kappa shape index (κ1) is 17.7. The second-order valence-corrected chi connectivity index (χ2v) is 5.63. The summed E-state index contributed by atoms with van der Waals surface area (Å²) < 4.78 is 10.8. The molecule has 6 heteroatoms. The maximum atomic E-state index is 12.2. The zero-order valence-electron chi connectivity index (χ0n) is 13.8. The Kier molecular flexibility index (Phi) is 6.14. The molecule has 24 heavy (non-hydrogen) atoms. The van der Waals surface area contributed by atoms with E-state index in [0.29, 0.717) is 17.2 Å². The van der Waals surface area contributed by atoms with Crippen molar-refractivity contribution in [3.05, 3.63) is 54.1 Å². The van der Waals surface area contributed by atoms with E-state index in [0.717, 1.165) is 5.56 Å². The third-order valence-electron chi connectivity index (χ3n) is 3.27. The zero-order chi connectivity index (χ0) is 17.5. The predicted octanol–water partition coefficient (Wildman–Crippen LogP) is 3.28. The fourth-order valence-corrected chi connectivity index (χ4v) is 2.25. The van der Waals surface area contributed by atoms with E-state index in [-0.39, 0.29) is 11.0 Å². The molecule has 0 aliphatic heterocycles. The van der Waals surface area contributed by atoms with Gasteiger partial charge in [0.25, 0.3) is 5.91 Å². The van der Waals surface area contributed by atoms with Crippen molar-refractivity contribution in [1.82, 2.24) is 5.32 Å². The van der Waals surface area contributed by atoms with E-state index >= 15 is 0 Å². The summed E-state index contributed by atoms with van der Waals surface area (Å²) in [5.74, 6) is 0.938. The molecule has 0 aliphatic rings. The van der Waals surface area contributed by atoms with Crippen molar-refractivity contribution in [3.63, 3.8) is 0 Å². The van der Waals surface area contributed by atoms with Crippen LogP contribution in [0.4, 0.5) is 5.69 Å². The highest BCUT2D eigenvalue weighted by Gasteiger charge is 2.16. The maximum Gasteiger partial charge on any atom is 0.266 e. The van der Waals surface area contributed by atoms with Gasteiger partial charge in [0.2, 0.25) is 0 Å². The van der Waals surface area contributed by atoms with Gasteiger partial charge in [-0.25, -0.2) is 0 Å². The van der Waals surface area contributed by atoms with E-state index in [4.69, 9.17) is 21.7 Å². The number of carbonyl (C=O) groups excluding carboxylic acids is 1. The topological polar surface area (TPSA) is 59.6 Å². The highest BCUT2D eigenvalue weighted by molar-refractivity contribution is 7.80. The third kappa shape index (κ3) is 4.96. The molecule has 0 saturated heterocycles. The molecule has 2 rings (SSSR count). The number of methoxy groups -OCH3 is 1. The number of hydrogen-bond donors (Lipinski definition) is 2. The lowest BCUT2D eigenvalue weighted by Crippen LogP contribution is -2.42. The quantitative estimate of drug-likeness (QED) is 0.815. The summed E-state index contributed by atoms with van der Waals surface area (Å²) in [5, 5.41) is 5.78. The first-order valence-corrected chi connectivity index (χ1v) is 7.88. The Bertz CT molecular complexity index is 719. The number of para-hydroxylation sites is 1. The van der Waals surface area contributed by atoms with E-state index in [1.165, 1.54) is 0 Å². The predicted molar refractivity (Wildman–Crippen MR) is 98.6 cm³/mol. The molecule has 5 nitrogen and oxygen atoms in total.